The van der Waals surface area contributed by atoms with Gasteiger partial charge in [0.25, 0.3) is 0 Å². The van der Waals surface area contributed by atoms with Gasteiger partial charge in [-0.25, -0.2) is 0 Å². The molecule has 1 aromatic rings. The number of hydrogen-bond acceptors (Lipinski definition) is 3. The minimum atomic E-state index is 0.415. The van der Waals surface area contributed by atoms with E-state index in [0.29, 0.717) is 12.1 Å². The van der Waals surface area contributed by atoms with Crippen LogP contribution in [-0.2, 0) is 0 Å². The topological polar surface area (TPSA) is 24.5 Å². The molecule has 1 aromatic carbocycles. The largest absolute Gasteiger partial charge is 0.490 e. The summed E-state index contributed by atoms with van der Waals surface area (Å²) in [6.45, 7) is 11.0. The molecule has 3 heteroatoms. The first-order valence-corrected chi connectivity index (χ1v) is 8.49. The molecule has 1 aliphatic carbocycles. The van der Waals surface area contributed by atoms with Gasteiger partial charge in [0.2, 0.25) is 0 Å². The van der Waals surface area contributed by atoms with Crippen molar-refractivity contribution < 1.29 is 4.74 Å². The fourth-order valence-corrected chi connectivity index (χ4v) is 2.67. The molecule has 3 nitrogen and oxygen atoms in total. The lowest BCUT2D eigenvalue weighted by atomic mass is 10.0. The first-order valence-electron chi connectivity index (χ1n) is 8.49. The summed E-state index contributed by atoms with van der Waals surface area (Å²) in [5.74, 6) is 1.03. The molecule has 1 unspecified atom stereocenters. The molecule has 0 bridgehead atoms. The summed E-state index contributed by atoms with van der Waals surface area (Å²) in [6, 6.07) is 9.05. The average Bonchev–Trinajstić information content (AvgIpc) is 3.31. The number of rotatable bonds is 10. The monoisotopic (exact) mass is 290 g/mol. The SMILES string of the molecule is CCNC(CCN(CC)CC)c1cccc(OC2CC2)c1. The molecule has 0 saturated heterocycles. The molecule has 118 valence electrons. The summed E-state index contributed by atoms with van der Waals surface area (Å²) in [5, 5.41) is 3.62. The Bertz CT molecular complexity index is 413. The third kappa shape index (κ3) is 5.33. The molecule has 0 amide bonds. The van der Waals surface area contributed by atoms with Crippen LogP contribution in [0.15, 0.2) is 24.3 Å². The number of hydrogen-bond donors (Lipinski definition) is 1. The first-order chi connectivity index (χ1) is 10.3. The predicted octanol–water partition coefficient (Wildman–Crippen LogP) is 3.61. The molecule has 0 aliphatic heterocycles. The molecule has 1 N–H and O–H groups in total. The Morgan fingerprint density at radius 2 is 2.00 bits per heavy atom. The van der Waals surface area contributed by atoms with E-state index < -0.39 is 0 Å². The molecule has 21 heavy (non-hydrogen) atoms. The van der Waals surface area contributed by atoms with E-state index >= 15 is 0 Å². The number of nitrogens with one attached hydrogen (secondary N) is 1. The lowest BCUT2D eigenvalue weighted by Crippen LogP contribution is -2.29. The van der Waals surface area contributed by atoms with E-state index in [1.54, 1.807) is 0 Å². The Kier molecular flexibility index (Phi) is 6.52. The van der Waals surface area contributed by atoms with Crippen molar-refractivity contribution >= 4 is 0 Å². The smallest absolute Gasteiger partial charge is 0.120 e. The van der Waals surface area contributed by atoms with Crippen LogP contribution in [0.4, 0.5) is 0 Å². The van der Waals surface area contributed by atoms with Crippen molar-refractivity contribution in [3.63, 3.8) is 0 Å². The maximum absolute atomic E-state index is 5.92. The van der Waals surface area contributed by atoms with Crippen molar-refractivity contribution in [2.75, 3.05) is 26.2 Å². The molecule has 2 rings (SSSR count). The Balaban J connectivity index is 1.98. The van der Waals surface area contributed by atoms with Crippen molar-refractivity contribution in [3.05, 3.63) is 29.8 Å². The summed E-state index contributed by atoms with van der Waals surface area (Å²) in [4.78, 5) is 2.48. The summed E-state index contributed by atoms with van der Waals surface area (Å²) in [7, 11) is 0. The third-order valence-electron chi connectivity index (χ3n) is 4.17. The highest BCUT2D eigenvalue weighted by Gasteiger charge is 2.23. The van der Waals surface area contributed by atoms with Gasteiger partial charge in [0.15, 0.2) is 0 Å². The van der Waals surface area contributed by atoms with Gasteiger partial charge >= 0.3 is 0 Å². The molecule has 0 heterocycles. The van der Waals surface area contributed by atoms with Gasteiger partial charge in [0, 0.05) is 6.04 Å². The van der Waals surface area contributed by atoms with Crippen LogP contribution >= 0.6 is 0 Å². The van der Waals surface area contributed by atoms with Gasteiger partial charge in [-0.15, -0.1) is 0 Å². The van der Waals surface area contributed by atoms with Crippen LogP contribution in [0, 0.1) is 0 Å². The Morgan fingerprint density at radius 1 is 1.24 bits per heavy atom. The summed E-state index contributed by atoms with van der Waals surface area (Å²) < 4.78 is 5.92. The van der Waals surface area contributed by atoms with Crippen LogP contribution in [0.3, 0.4) is 0 Å². The fraction of sp³-hybridized carbons (Fsp3) is 0.667. The number of benzene rings is 1. The second kappa shape index (κ2) is 8.40. The Labute approximate surface area is 129 Å². The van der Waals surface area contributed by atoms with Gasteiger partial charge in [-0.05, 0) is 63.1 Å². The van der Waals surface area contributed by atoms with Gasteiger partial charge in [-0.3, -0.25) is 0 Å². The summed E-state index contributed by atoms with van der Waals surface area (Å²) >= 11 is 0. The van der Waals surface area contributed by atoms with Gasteiger partial charge in [-0.2, -0.15) is 0 Å². The van der Waals surface area contributed by atoms with Crippen molar-refractivity contribution in [2.45, 2.75) is 52.2 Å². The zero-order valence-electron chi connectivity index (χ0n) is 13.8. The van der Waals surface area contributed by atoms with Gasteiger partial charge in [0.05, 0.1) is 6.10 Å². The maximum atomic E-state index is 5.92. The summed E-state index contributed by atoms with van der Waals surface area (Å²) in [5.41, 5.74) is 1.35. The Morgan fingerprint density at radius 3 is 2.62 bits per heavy atom. The predicted molar refractivity (Wildman–Crippen MR) is 88.9 cm³/mol. The quantitative estimate of drug-likeness (QED) is 0.712. The third-order valence-corrected chi connectivity index (χ3v) is 4.17. The molecule has 0 radical (unpaired) electrons. The molecule has 1 fully saturated rings. The maximum Gasteiger partial charge on any atom is 0.120 e. The normalized spacial score (nSPS) is 16.2. The lowest BCUT2D eigenvalue weighted by molar-refractivity contribution is 0.281. The standard InChI is InChI=1S/C18H30N2O/c1-4-19-18(12-13-20(5-2)6-3)15-8-7-9-17(14-15)21-16-10-11-16/h7-9,14,16,18-19H,4-6,10-13H2,1-3H3. The highest BCUT2D eigenvalue weighted by Crippen LogP contribution is 2.29. The highest BCUT2D eigenvalue weighted by molar-refractivity contribution is 5.31. The van der Waals surface area contributed by atoms with Gasteiger partial charge in [0.1, 0.15) is 5.75 Å². The summed E-state index contributed by atoms with van der Waals surface area (Å²) in [6.07, 6.45) is 4.03. The minimum absolute atomic E-state index is 0.415. The zero-order valence-corrected chi connectivity index (χ0v) is 13.8. The van der Waals surface area contributed by atoms with Crippen LogP contribution in [-0.4, -0.2) is 37.2 Å². The minimum Gasteiger partial charge on any atom is -0.490 e. The molecule has 0 aromatic heterocycles. The number of nitrogens with zero attached hydrogens (tertiary/aromatic N) is 1. The van der Waals surface area contributed by atoms with Crippen molar-refractivity contribution in [2.24, 2.45) is 0 Å². The van der Waals surface area contributed by atoms with E-state index in [9.17, 15) is 0 Å². The first kappa shape index (κ1) is 16.3. The van der Waals surface area contributed by atoms with E-state index in [-0.39, 0.29) is 0 Å². The van der Waals surface area contributed by atoms with E-state index in [4.69, 9.17) is 4.74 Å². The van der Waals surface area contributed by atoms with Crippen LogP contribution in [0.1, 0.15) is 51.6 Å². The molecule has 1 saturated carbocycles. The van der Waals surface area contributed by atoms with Crippen molar-refractivity contribution in [1.29, 1.82) is 0 Å². The molecule has 1 aliphatic rings. The fourth-order valence-electron chi connectivity index (χ4n) is 2.67. The molecular formula is C18H30N2O. The lowest BCUT2D eigenvalue weighted by Gasteiger charge is -2.24. The Hall–Kier alpha value is -1.06. The van der Waals surface area contributed by atoms with Crippen LogP contribution < -0.4 is 10.1 Å². The molecule has 0 spiro atoms. The highest BCUT2D eigenvalue weighted by atomic mass is 16.5. The van der Waals surface area contributed by atoms with Crippen LogP contribution in [0.2, 0.25) is 0 Å². The average molecular weight is 290 g/mol. The van der Waals surface area contributed by atoms with Crippen LogP contribution in [0.25, 0.3) is 0 Å². The zero-order chi connectivity index (χ0) is 15.1. The van der Waals surface area contributed by atoms with Crippen molar-refractivity contribution in [1.82, 2.24) is 10.2 Å². The van der Waals surface area contributed by atoms with Gasteiger partial charge in [-0.1, -0.05) is 32.9 Å². The van der Waals surface area contributed by atoms with E-state index in [1.165, 1.54) is 18.4 Å². The van der Waals surface area contributed by atoms with Crippen molar-refractivity contribution in [3.8, 4) is 5.75 Å². The van der Waals surface area contributed by atoms with Gasteiger partial charge < -0.3 is 15.0 Å². The van der Waals surface area contributed by atoms with E-state index in [2.05, 4.69) is 55.3 Å². The van der Waals surface area contributed by atoms with E-state index in [0.717, 1.165) is 38.3 Å². The molecule has 1 atom stereocenters. The second-order valence-electron chi connectivity index (χ2n) is 5.82. The van der Waals surface area contributed by atoms with E-state index in [1.807, 2.05) is 0 Å². The second-order valence-corrected chi connectivity index (χ2v) is 5.82. The van der Waals surface area contributed by atoms with Crippen LogP contribution in [0.5, 0.6) is 5.75 Å². The number of ether oxygens (including phenoxy) is 1. The molecular weight excluding hydrogens is 260 g/mol.